The zero-order chi connectivity index (χ0) is 19.4. The minimum absolute atomic E-state index is 0.102. The topological polar surface area (TPSA) is 98.6 Å². The molecule has 0 saturated carbocycles. The predicted molar refractivity (Wildman–Crippen MR) is 98.1 cm³/mol. The molecule has 0 aliphatic carbocycles. The third-order valence-corrected chi connectivity index (χ3v) is 4.89. The number of likely N-dealkylation sites (N-methyl/N-ethyl adjacent to an activating group) is 1. The van der Waals surface area contributed by atoms with Crippen molar-refractivity contribution in [1.29, 1.82) is 0 Å². The summed E-state index contributed by atoms with van der Waals surface area (Å²) >= 11 is 0. The van der Waals surface area contributed by atoms with Gasteiger partial charge in [0.1, 0.15) is 12.3 Å². The number of aromatic nitrogens is 1. The molecule has 8 heteroatoms. The standard InChI is InChI=1S/C19H24N4O4/c1-3-22(4-2)19(26)16-9-15(21-17(24)13-5-7-20-10-13)11-23(16)18(25)14-6-8-27-12-14/h5-8,10,12,15-16,20H,3-4,9,11H2,1-2H3,(H,21,24)/t15-,16+/m1/s1. The third kappa shape index (κ3) is 3.89. The van der Waals surface area contributed by atoms with Gasteiger partial charge >= 0.3 is 0 Å². The lowest BCUT2D eigenvalue weighted by Gasteiger charge is -2.28. The van der Waals surface area contributed by atoms with E-state index >= 15 is 0 Å². The Balaban J connectivity index is 1.78. The fourth-order valence-corrected chi connectivity index (χ4v) is 3.43. The minimum Gasteiger partial charge on any atom is -0.472 e. The van der Waals surface area contributed by atoms with Gasteiger partial charge in [0.25, 0.3) is 11.8 Å². The summed E-state index contributed by atoms with van der Waals surface area (Å²) in [6.07, 6.45) is 6.46. The van der Waals surface area contributed by atoms with Crippen molar-refractivity contribution >= 4 is 17.7 Å². The van der Waals surface area contributed by atoms with Gasteiger partial charge in [0.2, 0.25) is 5.91 Å². The van der Waals surface area contributed by atoms with E-state index in [-0.39, 0.29) is 30.3 Å². The van der Waals surface area contributed by atoms with Crippen molar-refractivity contribution < 1.29 is 18.8 Å². The van der Waals surface area contributed by atoms with Crippen LogP contribution in [0.1, 0.15) is 41.0 Å². The van der Waals surface area contributed by atoms with Gasteiger partial charge in [0.05, 0.1) is 17.4 Å². The average molecular weight is 372 g/mol. The van der Waals surface area contributed by atoms with E-state index in [1.54, 1.807) is 29.4 Å². The maximum absolute atomic E-state index is 12.9. The van der Waals surface area contributed by atoms with Gasteiger partial charge in [-0.1, -0.05) is 0 Å². The van der Waals surface area contributed by atoms with Gasteiger partial charge in [-0.25, -0.2) is 0 Å². The SMILES string of the molecule is CCN(CC)C(=O)[C@@H]1C[C@@H](NC(=O)c2cc[nH]c2)CN1C(=O)c1ccoc1. The van der Waals surface area contributed by atoms with Crippen molar-refractivity contribution in [2.75, 3.05) is 19.6 Å². The fraction of sp³-hybridized carbons (Fsp3) is 0.421. The maximum atomic E-state index is 12.9. The number of H-pyrrole nitrogens is 1. The Kier molecular flexibility index (Phi) is 5.63. The van der Waals surface area contributed by atoms with Crippen molar-refractivity contribution in [3.63, 3.8) is 0 Å². The number of carbonyl (C=O) groups excluding carboxylic acids is 3. The van der Waals surface area contributed by atoms with E-state index in [4.69, 9.17) is 4.42 Å². The first-order valence-electron chi connectivity index (χ1n) is 9.10. The Morgan fingerprint density at radius 3 is 2.63 bits per heavy atom. The maximum Gasteiger partial charge on any atom is 0.257 e. The molecule has 2 aromatic heterocycles. The van der Waals surface area contributed by atoms with Gasteiger partial charge in [-0.2, -0.15) is 0 Å². The van der Waals surface area contributed by atoms with E-state index < -0.39 is 6.04 Å². The van der Waals surface area contributed by atoms with Gasteiger partial charge in [0, 0.05) is 38.1 Å². The van der Waals surface area contributed by atoms with Crippen LogP contribution in [0.4, 0.5) is 0 Å². The summed E-state index contributed by atoms with van der Waals surface area (Å²) in [5, 5.41) is 2.92. The van der Waals surface area contributed by atoms with Crippen molar-refractivity contribution in [3.8, 4) is 0 Å². The highest BCUT2D eigenvalue weighted by atomic mass is 16.3. The van der Waals surface area contributed by atoms with Crippen LogP contribution in [-0.2, 0) is 4.79 Å². The highest BCUT2D eigenvalue weighted by Gasteiger charge is 2.42. The molecular formula is C19H24N4O4. The monoisotopic (exact) mass is 372 g/mol. The summed E-state index contributed by atoms with van der Waals surface area (Å²) in [5.41, 5.74) is 0.909. The van der Waals surface area contributed by atoms with Crippen LogP contribution in [0.5, 0.6) is 0 Å². The van der Waals surface area contributed by atoms with E-state index in [1.807, 2.05) is 13.8 Å². The van der Waals surface area contributed by atoms with Gasteiger partial charge in [-0.3, -0.25) is 14.4 Å². The van der Waals surface area contributed by atoms with E-state index in [1.165, 1.54) is 17.4 Å². The molecule has 2 N–H and O–H groups in total. The Bertz CT molecular complexity index is 781. The first-order chi connectivity index (χ1) is 13.0. The number of rotatable bonds is 6. The molecule has 0 aromatic carbocycles. The van der Waals surface area contributed by atoms with Gasteiger partial charge in [0.15, 0.2) is 0 Å². The molecule has 3 heterocycles. The van der Waals surface area contributed by atoms with Crippen LogP contribution >= 0.6 is 0 Å². The number of amides is 3. The number of likely N-dealkylation sites (tertiary alicyclic amines) is 1. The molecule has 0 radical (unpaired) electrons. The lowest BCUT2D eigenvalue weighted by Crippen LogP contribution is -2.47. The molecule has 0 bridgehead atoms. The highest BCUT2D eigenvalue weighted by Crippen LogP contribution is 2.23. The summed E-state index contributed by atoms with van der Waals surface area (Å²) in [7, 11) is 0. The first-order valence-corrected chi connectivity index (χ1v) is 9.10. The van der Waals surface area contributed by atoms with Crippen LogP contribution in [0.2, 0.25) is 0 Å². The lowest BCUT2D eigenvalue weighted by atomic mass is 10.1. The van der Waals surface area contributed by atoms with Crippen LogP contribution < -0.4 is 5.32 Å². The van der Waals surface area contributed by atoms with Gasteiger partial charge in [-0.15, -0.1) is 0 Å². The van der Waals surface area contributed by atoms with Crippen LogP contribution in [0, 0.1) is 0 Å². The predicted octanol–water partition coefficient (Wildman–Crippen LogP) is 1.49. The smallest absolute Gasteiger partial charge is 0.257 e. The molecule has 1 aliphatic rings. The van der Waals surface area contributed by atoms with E-state index in [0.29, 0.717) is 30.6 Å². The summed E-state index contributed by atoms with van der Waals surface area (Å²) in [6, 6.07) is 2.35. The van der Waals surface area contributed by atoms with Crippen LogP contribution in [0.25, 0.3) is 0 Å². The molecule has 1 fully saturated rings. The minimum atomic E-state index is -0.608. The number of furan rings is 1. The molecule has 0 spiro atoms. The second-order valence-electron chi connectivity index (χ2n) is 6.50. The highest BCUT2D eigenvalue weighted by molar-refractivity contribution is 5.98. The molecule has 3 amide bonds. The number of nitrogens with zero attached hydrogens (tertiary/aromatic N) is 2. The van der Waals surface area contributed by atoms with Gasteiger partial charge < -0.3 is 24.5 Å². The number of hydrogen-bond acceptors (Lipinski definition) is 4. The molecule has 2 aromatic rings. The number of aromatic amines is 1. The summed E-state index contributed by atoms with van der Waals surface area (Å²) in [5.74, 6) is -0.601. The zero-order valence-corrected chi connectivity index (χ0v) is 15.5. The van der Waals surface area contributed by atoms with Crippen molar-refractivity contribution in [3.05, 3.63) is 48.2 Å². The molecule has 0 unspecified atom stereocenters. The molecule has 1 aliphatic heterocycles. The molecule has 2 atom stereocenters. The Morgan fingerprint density at radius 1 is 1.26 bits per heavy atom. The quantitative estimate of drug-likeness (QED) is 0.802. The van der Waals surface area contributed by atoms with Crippen molar-refractivity contribution in [2.24, 2.45) is 0 Å². The second-order valence-corrected chi connectivity index (χ2v) is 6.50. The van der Waals surface area contributed by atoms with Crippen molar-refractivity contribution in [1.82, 2.24) is 20.1 Å². The summed E-state index contributed by atoms with van der Waals surface area (Å²) in [6.45, 7) is 5.23. The number of carbonyl (C=O) groups is 3. The number of nitrogens with one attached hydrogen (secondary N) is 2. The fourth-order valence-electron chi connectivity index (χ4n) is 3.43. The Hall–Kier alpha value is -3.03. The molecule has 1 saturated heterocycles. The normalized spacial score (nSPS) is 19.1. The van der Waals surface area contributed by atoms with Crippen molar-refractivity contribution in [2.45, 2.75) is 32.4 Å². The lowest BCUT2D eigenvalue weighted by molar-refractivity contribution is -0.134. The summed E-state index contributed by atoms with van der Waals surface area (Å²) < 4.78 is 5.01. The largest absolute Gasteiger partial charge is 0.472 e. The van der Waals surface area contributed by atoms with Crippen LogP contribution in [0.15, 0.2) is 41.5 Å². The van der Waals surface area contributed by atoms with Gasteiger partial charge in [-0.05, 0) is 32.4 Å². The molecule has 27 heavy (non-hydrogen) atoms. The average Bonchev–Trinajstić information content (AvgIpc) is 3.42. The molecule has 3 rings (SSSR count). The molecule has 8 nitrogen and oxygen atoms in total. The van der Waals surface area contributed by atoms with E-state index in [9.17, 15) is 14.4 Å². The third-order valence-electron chi connectivity index (χ3n) is 4.89. The second kappa shape index (κ2) is 8.11. The number of hydrogen-bond donors (Lipinski definition) is 2. The van der Waals surface area contributed by atoms with Crippen LogP contribution in [0.3, 0.4) is 0 Å². The first kappa shape index (κ1) is 18.8. The summed E-state index contributed by atoms with van der Waals surface area (Å²) in [4.78, 5) is 44.2. The Morgan fingerprint density at radius 2 is 2.04 bits per heavy atom. The van der Waals surface area contributed by atoms with E-state index in [0.717, 1.165) is 0 Å². The van der Waals surface area contributed by atoms with E-state index in [2.05, 4.69) is 10.3 Å². The van der Waals surface area contributed by atoms with Crippen LogP contribution in [-0.4, -0.2) is 64.2 Å². The molecule has 144 valence electrons. The zero-order valence-electron chi connectivity index (χ0n) is 15.5. The Labute approximate surface area is 157 Å². The molecular weight excluding hydrogens is 348 g/mol.